The molecule has 0 aliphatic heterocycles. The first-order valence-corrected chi connectivity index (χ1v) is 8.91. The number of benzene rings is 1. The lowest BCUT2D eigenvalue weighted by Crippen LogP contribution is -2.32. The van der Waals surface area contributed by atoms with Crippen molar-refractivity contribution < 1.29 is 9.00 Å². The molecule has 118 valence electrons. The number of carbonyl (C=O) groups is 1. The maximum absolute atomic E-state index is 12.4. The van der Waals surface area contributed by atoms with E-state index in [1.165, 1.54) is 0 Å². The fraction of sp³-hybridized carbons (Fsp3) is 0.375. The molecular formula is C16H21N3O2S. The predicted octanol–water partition coefficient (Wildman–Crippen LogP) is 2.38. The minimum absolute atomic E-state index is 0.262. The van der Waals surface area contributed by atoms with E-state index in [4.69, 9.17) is 0 Å². The van der Waals surface area contributed by atoms with E-state index >= 15 is 0 Å². The summed E-state index contributed by atoms with van der Waals surface area (Å²) in [6.45, 7) is 4.06. The van der Waals surface area contributed by atoms with Crippen LogP contribution in [0.3, 0.4) is 0 Å². The van der Waals surface area contributed by atoms with Gasteiger partial charge in [-0.1, -0.05) is 44.2 Å². The Hall–Kier alpha value is -1.95. The highest BCUT2D eigenvalue weighted by Crippen LogP contribution is 2.16. The van der Waals surface area contributed by atoms with Gasteiger partial charge >= 0.3 is 0 Å². The van der Waals surface area contributed by atoms with Crippen LogP contribution in [0.1, 0.15) is 47.6 Å². The third-order valence-electron chi connectivity index (χ3n) is 3.36. The molecule has 2 aromatic rings. The highest BCUT2D eigenvalue weighted by atomic mass is 32.2. The Morgan fingerprint density at radius 2 is 2.00 bits per heavy atom. The van der Waals surface area contributed by atoms with E-state index in [-0.39, 0.29) is 17.9 Å². The van der Waals surface area contributed by atoms with Crippen LogP contribution in [0.5, 0.6) is 0 Å². The number of aromatic amines is 1. The van der Waals surface area contributed by atoms with Gasteiger partial charge in [-0.3, -0.25) is 14.1 Å². The lowest BCUT2D eigenvalue weighted by atomic mass is 10.1. The number of amides is 1. The first-order chi connectivity index (χ1) is 10.5. The lowest BCUT2D eigenvalue weighted by molar-refractivity contribution is 0.0935. The van der Waals surface area contributed by atoms with Gasteiger partial charge in [0.05, 0.1) is 6.04 Å². The number of carbonyl (C=O) groups excluding carboxylic acids is 1. The number of H-pyrrole nitrogens is 1. The second kappa shape index (κ2) is 7.35. The van der Waals surface area contributed by atoms with Gasteiger partial charge in [0.25, 0.3) is 5.91 Å². The van der Waals surface area contributed by atoms with E-state index in [0.29, 0.717) is 11.4 Å². The Morgan fingerprint density at radius 1 is 1.32 bits per heavy atom. The molecule has 0 spiro atoms. The summed E-state index contributed by atoms with van der Waals surface area (Å²) in [6, 6.07) is 11.0. The Kier molecular flexibility index (Phi) is 5.49. The third kappa shape index (κ3) is 4.27. The standard InChI is InChI=1S/C16H21N3O2S/c1-11(2)13-9-14(19-18-13)16(20)17-15(10-22(3)21)12-7-5-4-6-8-12/h4-9,11,15H,10H2,1-3H3,(H,17,20)(H,18,19)/t15-,22+/m1/s1. The molecule has 5 nitrogen and oxygen atoms in total. The van der Waals surface area contributed by atoms with E-state index in [1.54, 1.807) is 12.3 Å². The molecule has 0 radical (unpaired) electrons. The van der Waals surface area contributed by atoms with Crippen LogP contribution in [0.15, 0.2) is 36.4 Å². The number of rotatable bonds is 6. The van der Waals surface area contributed by atoms with Crippen molar-refractivity contribution in [2.75, 3.05) is 12.0 Å². The Bertz CT molecular complexity index is 652. The fourth-order valence-electron chi connectivity index (χ4n) is 2.12. The Morgan fingerprint density at radius 3 is 2.55 bits per heavy atom. The van der Waals surface area contributed by atoms with Crippen molar-refractivity contribution in [2.45, 2.75) is 25.8 Å². The zero-order chi connectivity index (χ0) is 16.1. The van der Waals surface area contributed by atoms with Crippen molar-refractivity contribution in [3.05, 3.63) is 53.3 Å². The monoisotopic (exact) mass is 319 g/mol. The summed E-state index contributed by atoms with van der Waals surface area (Å²) >= 11 is 0. The van der Waals surface area contributed by atoms with E-state index < -0.39 is 10.8 Å². The predicted molar refractivity (Wildman–Crippen MR) is 88.3 cm³/mol. The highest BCUT2D eigenvalue weighted by molar-refractivity contribution is 7.84. The van der Waals surface area contributed by atoms with Crippen LogP contribution in [0.25, 0.3) is 0 Å². The van der Waals surface area contributed by atoms with Gasteiger partial charge in [-0.05, 0) is 17.5 Å². The van der Waals surface area contributed by atoms with Crippen molar-refractivity contribution in [3.63, 3.8) is 0 Å². The molecule has 1 aromatic heterocycles. The van der Waals surface area contributed by atoms with Crippen LogP contribution < -0.4 is 5.32 Å². The summed E-state index contributed by atoms with van der Waals surface area (Å²) in [6.07, 6.45) is 1.63. The molecule has 2 atom stereocenters. The summed E-state index contributed by atoms with van der Waals surface area (Å²) in [5.41, 5.74) is 2.21. The van der Waals surface area contributed by atoms with Crippen LogP contribution in [0, 0.1) is 0 Å². The Labute approximate surface area is 133 Å². The maximum atomic E-state index is 12.4. The smallest absolute Gasteiger partial charge is 0.272 e. The normalized spacial score (nSPS) is 13.8. The lowest BCUT2D eigenvalue weighted by Gasteiger charge is -2.17. The quantitative estimate of drug-likeness (QED) is 0.858. The topological polar surface area (TPSA) is 74.8 Å². The molecular weight excluding hydrogens is 298 g/mol. The SMILES string of the molecule is CC(C)c1cc(C(=O)N[C@H](C[S@](C)=O)c2ccccc2)n[nH]1. The highest BCUT2D eigenvalue weighted by Gasteiger charge is 2.19. The Balaban J connectivity index is 2.15. The zero-order valence-electron chi connectivity index (χ0n) is 13.0. The largest absolute Gasteiger partial charge is 0.343 e. The molecule has 1 aromatic carbocycles. The second-order valence-electron chi connectivity index (χ2n) is 5.54. The van der Waals surface area contributed by atoms with Gasteiger partial charge in [0, 0.05) is 28.5 Å². The van der Waals surface area contributed by atoms with Crippen LogP contribution in [-0.4, -0.2) is 32.3 Å². The number of hydrogen-bond acceptors (Lipinski definition) is 3. The van der Waals surface area contributed by atoms with Crippen LogP contribution >= 0.6 is 0 Å². The molecule has 0 unspecified atom stereocenters. The second-order valence-corrected chi connectivity index (χ2v) is 7.02. The third-order valence-corrected chi connectivity index (χ3v) is 4.16. The number of nitrogens with one attached hydrogen (secondary N) is 2. The van der Waals surface area contributed by atoms with Crippen LogP contribution in [-0.2, 0) is 10.8 Å². The van der Waals surface area contributed by atoms with Gasteiger partial charge in [-0.25, -0.2) is 0 Å². The molecule has 2 rings (SSSR count). The van der Waals surface area contributed by atoms with Crippen molar-refractivity contribution in [1.82, 2.24) is 15.5 Å². The van der Waals surface area contributed by atoms with E-state index in [0.717, 1.165) is 11.3 Å². The van der Waals surface area contributed by atoms with Crippen molar-refractivity contribution in [2.24, 2.45) is 0 Å². The summed E-state index contributed by atoms with van der Waals surface area (Å²) in [5.74, 6) is 0.390. The first kappa shape index (κ1) is 16.4. The van der Waals surface area contributed by atoms with Crippen molar-refractivity contribution >= 4 is 16.7 Å². The van der Waals surface area contributed by atoms with E-state index in [2.05, 4.69) is 15.5 Å². The minimum atomic E-state index is -1.01. The summed E-state index contributed by atoms with van der Waals surface area (Å²) < 4.78 is 11.6. The zero-order valence-corrected chi connectivity index (χ0v) is 13.8. The molecule has 6 heteroatoms. The van der Waals surface area contributed by atoms with Gasteiger partial charge in [0.1, 0.15) is 5.69 Å². The van der Waals surface area contributed by atoms with Crippen LogP contribution in [0.4, 0.5) is 0 Å². The molecule has 0 fully saturated rings. The summed E-state index contributed by atoms with van der Waals surface area (Å²) in [5, 5.41) is 9.84. The van der Waals surface area contributed by atoms with Gasteiger partial charge in [0.15, 0.2) is 0 Å². The van der Waals surface area contributed by atoms with E-state index in [1.807, 2.05) is 44.2 Å². The van der Waals surface area contributed by atoms with Crippen molar-refractivity contribution in [1.29, 1.82) is 0 Å². The van der Waals surface area contributed by atoms with Crippen LogP contribution in [0.2, 0.25) is 0 Å². The molecule has 2 N–H and O–H groups in total. The molecule has 0 saturated carbocycles. The average Bonchev–Trinajstić information content (AvgIpc) is 2.97. The van der Waals surface area contributed by atoms with Gasteiger partial charge in [-0.2, -0.15) is 5.10 Å². The maximum Gasteiger partial charge on any atom is 0.272 e. The molecule has 1 amide bonds. The molecule has 1 heterocycles. The minimum Gasteiger partial charge on any atom is -0.343 e. The molecule has 0 aliphatic carbocycles. The fourth-order valence-corrected chi connectivity index (χ4v) is 2.87. The first-order valence-electron chi connectivity index (χ1n) is 7.18. The number of aromatic nitrogens is 2. The van der Waals surface area contributed by atoms with Gasteiger partial charge < -0.3 is 5.32 Å². The summed E-state index contributed by atoms with van der Waals surface area (Å²) in [7, 11) is -1.01. The number of hydrogen-bond donors (Lipinski definition) is 2. The molecule has 0 aliphatic rings. The summed E-state index contributed by atoms with van der Waals surface area (Å²) in [4.78, 5) is 12.4. The number of nitrogens with zero attached hydrogens (tertiary/aromatic N) is 1. The average molecular weight is 319 g/mol. The van der Waals surface area contributed by atoms with Crippen molar-refractivity contribution in [3.8, 4) is 0 Å². The van der Waals surface area contributed by atoms with Gasteiger partial charge in [-0.15, -0.1) is 0 Å². The van der Waals surface area contributed by atoms with E-state index in [9.17, 15) is 9.00 Å². The molecule has 0 saturated heterocycles. The molecule has 0 bridgehead atoms. The molecule has 22 heavy (non-hydrogen) atoms. The van der Waals surface area contributed by atoms with Gasteiger partial charge in [0.2, 0.25) is 0 Å².